The van der Waals surface area contributed by atoms with E-state index in [4.69, 9.17) is 9.47 Å². The Morgan fingerprint density at radius 1 is 0.850 bits per heavy atom. The number of hydrogen-bond acceptors (Lipinski definition) is 6. The van der Waals surface area contributed by atoms with Gasteiger partial charge in [-0.25, -0.2) is 4.79 Å². The second kappa shape index (κ2) is 12.6. The molecule has 0 saturated carbocycles. The lowest BCUT2D eigenvalue weighted by molar-refractivity contribution is -0.163. The van der Waals surface area contributed by atoms with Gasteiger partial charge in [-0.2, -0.15) is 0 Å². The van der Waals surface area contributed by atoms with Crippen molar-refractivity contribution in [2.45, 2.75) is 90.6 Å². The largest absolute Gasteiger partial charge is 0.432 e. The summed E-state index contributed by atoms with van der Waals surface area (Å²) in [6.07, 6.45) is 6.65. The van der Waals surface area contributed by atoms with Crippen LogP contribution in [0.4, 0.5) is 0 Å². The normalized spacial score (nSPS) is 13.5. The van der Waals surface area contributed by atoms with Gasteiger partial charge >= 0.3 is 5.97 Å². The lowest BCUT2D eigenvalue weighted by atomic mass is 9.70. The monoisotopic (exact) mass is 560 g/mol. The second-order valence-electron chi connectivity index (χ2n) is 11.3. The van der Waals surface area contributed by atoms with Crippen LogP contribution in [0.2, 0.25) is 0 Å². The van der Waals surface area contributed by atoms with Gasteiger partial charge in [0.1, 0.15) is 0 Å². The van der Waals surface area contributed by atoms with Crippen LogP contribution in [0.5, 0.6) is 0 Å². The van der Waals surface area contributed by atoms with E-state index in [9.17, 15) is 14.4 Å². The van der Waals surface area contributed by atoms with E-state index >= 15 is 0 Å². The molecule has 212 valence electrons. The third-order valence-electron chi connectivity index (χ3n) is 8.22. The van der Waals surface area contributed by atoms with E-state index in [0.29, 0.717) is 11.1 Å². The van der Waals surface area contributed by atoms with Crippen molar-refractivity contribution in [1.29, 1.82) is 0 Å². The summed E-state index contributed by atoms with van der Waals surface area (Å²) in [6.45, 7) is 9.90. The lowest BCUT2D eigenvalue weighted by Gasteiger charge is -2.33. The van der Waals surface area contributed by atoms with E-state index < -0.39 is 17.4 Å². The van der Waals surface area contributed by atoms with Crippen LogP contribution in [0, 0.1) is 0 Å². The van der Waals surface area contributed by atoms with E-state index in [1.165, 1.54) is 11.3 Å². The summed E-state index contributed by atoms with van der Waals surface area (Å²) in [7, 11) is 0. The first-order valence-electron chi connectivity index (χ1n) is 14.4. The number of ketones is 2. The Kier molecular flexibility index (Phi) is 9.42. The van der Waals surface area contributed by atoms with Crippen LogP contribution in [0.1, 0.15) is 116 Å². The molecule has 5 nitrogen and oxygen atoms in total. The Morgan fingerprint density at radius 2 is 1.45 bits per heavy atom. The van der Waals surface area contributed by atoms with Gasteiger partial charge in [0.05, 0.1) is 10.5 Å². The summed E-state index contributed by atoms with van der Waals surface area (Å²) < 4.78 is 10.8. The highest BCUT2D eigenvalue weighted by Crippen LogP contribution is 2.54. The number of rotatable bonds is 14. The fourth-order valence-electron chi connectivity index (χ4n) is 5.48. The molecule has 6 heteroatoms. The predicted octanol–water partition coefficient (Wildman–Crippen LogP) is 8.51. The van der Waals surface area contributed by atoms with Crippen molar-refractivity contribution < 1.29 is 23.9 Å². The van der Waals surface area contributed by atoms with Gasteiger partial charge in [-0.15, -0.1) is 11.3 Å². The third-order valence-corrected chi connectivity index (χ3v) is 9.09. The first kappa shape index (κ1) is 29.9. The molecule has 2 aromatic carbocycles. The number of fused-ring (bicyclic) bond motifs is 3. The number of hydrogen-bond donors (Lipinski definition) is 0. The molecule has 0 radical (unpaired) electrons. The van der Waals surface area contributed by atoms with Gasteiger partial charge < -0.3 is 9.47 Å². The van der Waals surface area contributed by atoms with Crippen LogP contribution in [0.25, 0.3) is 11.1 Å². The van der Waals surface area contributed by atoms with Crippen LogP contribution in [-0.2, 0) is 19.7 Å². The topological polar surface area (TPSA) is 69.7 Å². The maximum Gasteiger partial charge on any atom is 0.381 e. The van der Waals surface area contributed by atoms with Crippen LogP contribution >= 0.6 is 11.3 Å². The van der Waals surface area contributed by atoms with Crippen molar-refractivity contribution in [3.63, 3.8) is 0 Å². The summed E-state index contributed by atoms with van der Waals surface area (Å²) in [4.78, 5) is 39.9. The third kappa shape index (κ3) is 5.98. The molecular weight excluding hydrogens is 520 g/mol. The van der Waals surface area contributed by atoms with Crippen LogP contribution in [0.15, 0.2) is 53.9 Å². The molecule has 1 aliphatic carbocycles. The quantitative estimate of drug-likeness (QED) is 0.0855. The zero-order chi connectivity index (χ0) is 28.9. The van der Waals surface area contributed by atoms with Gasteiger partial charge in [0.2, 0.25) is 5.78 Å². The molecule has 3 aromatic rings. The van der Waals surface area contributed by atoms with Gasteiger partial charge in [-0.05, 0) is 78.9 Å². The number of carbonyl (C=O) groups excluding carboxylic acids is 3. The minimum Gasteiger partial charge on any atom is -0.432 e. The Bertz CT molecular complexity index is 1360. The Balaban J connectivity index is 1.73. The SMILES string of the molecule is CCCCC1(CCCC)c2cc(C(=O)C(=O)OCOC(C)(C)CC)ccc2-c2ccc(C(=O)c3cccs3)cc21. The number of thiophene rings is 1. The summed E-state index contributed by atoms with van der Waals surface area (Å²) in [6, 6.07) is 15.4. The number of Topliss-reactive ketones (excluding diaryl/α,β-unsaturated/α-hetero) is 1. The molecule has 0 fully saturated rings. The molecule has 0 atom stereocenters. The highest BCUT2D eigenvalue weighted by Gasteiger charge is 2.43. The highest BCUT2D eigenvalue weighted by atomic mass is 32.1. The minimum absolute atomic E-state index is 0.0284. The summed E-state index contributed by atoms with van der Waals surface area (Å²) in [5.41, 5.74) is 4.60. The van der Waals surface area contributed by atoms with E-state index in [-0.39, 0.29) is 18.0 Å². The molecule has 0 unspecified atom stereocenters. The van der Waals surface area contributed by atoms with E-state index in [1.807, 2.05) is 56.5 Å². The van der Waals surface area contributed by atoms with Crippen molar-refractivity contribution in [2.24, 2.45) is 0 Å². The van der Waals surface area contributed by atoms with Crippen LogP contribution in [-0.4, -0.2) is 29.9 Å². The molecule has 0 spiro atoms. The minimum atomic E-state index is -0.918. The summed E-state index contributed by atoms with van der Waals surface area (Å²) in [5, 5.41) is 1.92. The maximum atomic E-state index is 13.3. The molecule has 0 saturated heterocycles. The average molecular weight is 561 g/mol. The first-order chi connectivity index (χ1) is 19.2. The fraction of sp³-hybridized carbons (Fsp3) is 0.441. The number of esters is 1. The Morgan fingerprint density at radius 3 is 2.00 bits per heavy atom. The molecule has 0 bridgehead atoms. The molecule has 1 heterocycles. The number of benzene rings is 2. The number of ether oxygens (including phenoxy) is 2. The van der Waals surface area contributed by atoms with Gasteiger partial charge in [-0.1, -0.05) is 76.8 Å². The molecule has 40 heavy (non-hydrogen) atoms. The van der Waals surface area contributed by atoms with Crippen LogP contribution in [0.3, 0.4) is 0 Å². The zero-order valence-electron chi connectivity index (χ0n) is 24.3. The van der Waals surface area contributed by atoms with Gasteiger partial charge in [0.25, 0.3) is 5.78 Å². The van der Waals surface area contributed by atoms with Crippen molar-refractivity contribution in [3.05, 3.63) is 81.0 Å². The smallest absolute Gasteiger partial charge is 0.381 e. The van der Waals surface area contributed by atoms with Crippen molar-refractivity contribution >= 4 is 28.9 Å². The Hall–Kier alpha value is -3.09. The molecule has 0 aliphatic heterocycles. The Labute approximate surface area is 241 Å². The van der Waals surface area contributed by atoms with Crippen molar-refractivity contribution in [2.75, 3.05) is 6.79 Å². The standard InChI is InChI=1S/C34H40O5S/c1-6-9-17-34(18-10-7-2)27-20-23(30(35)29-12-11-19-40-29)13-15-25(27)26-16-14-24(21-28(26)34)31(36)32(37)38-22-39-33(4,5)8-3/h11-16,19-21H,6-10,17-18,22H2,1-5H3. The maximum absolute atomic E-state index is 13.3. The number of carbonyl (C=O) groups is 3. The van der Waals surface area contributed by atoms with Crippen LogP contribution < -0.4 is 0 Å². The summed E-state index contributed by atoms with van der Waals surface area (Å²) in [5.74, 6) is -1.57. The van der Waals surface area contributed by atoms with Gasteiger partial charge in [0.15, 0.2) is 6.79 Å². The summed E-state index contributed by atoms with van der Waals surface area (Å²) >= 11 is 1.45. The van der Waals surface area contributed by atoms with Crippen molar-refractivity contribution in [1.82, 2.24) is 0 Å². The molecule has 1 aromatic heterocycles. The number of unbranched alkanes of at least 4 members (excludes halogenated alkanes) is 2. The highest BCUT2D eigenvalue weighted by molar-refractivity contribution is 7.12. The zero-order valence-corrected chi connectivity index (χ0v) is 25.1. The van der Waals surface area contributed by atoms with Gasteiger partial charge in [0, 0.05) is 16.5 Å². The van der Waals surface area contributed by atoms with E-state index in [1.54, 1.807) is 6.07 Å². The molecule has 0 amide bonds. The molecule has 1 aliphatic rings. The first-order valence-corrected chi connectivity index (χ1v) is 15.3. The van der Waals surface area contributed by atoms with E-state index in [2.05, 4.69) is 26.0 Å². The molecule has 0 N–H and O–H groups in total. The molecule has 4 rings (SSSR count). The van der Waals surface area contributed by atoms with Gasteiger partial charge in [-0.3, -0.25) is 9.59 Å². The molecular formula is C34H40O5S. The second-order valence-corrected chi connectivity index (χ2v) is 12.2. The lowest BCUT2D eigenvalue weighted by Crippen LogP contribution is -2.28. The fourth-order valence-corrected chi connectivity index (χ4v) is 6.16. The average Bonchev–Trinajstić information content (AvgIpc) is 3.59. The van der Waals surface area contributed by atoms with Crippen molar-refractivity contribution in [3.8, 4) is 11.1 Å². The van der Waals surface area contributed by atoms with E-state index in [0.717, 1.165) is 72.1 Å². The predicted molar refractivity (Wildman–Crippen MR) is 160 cm³/mol.